The first-order chi connectivity index (χ1) is 18.0. The Morgan fingerprint density at radius 2 is 2.11 bits per heavy atom. The number of aliphatic carboxylic acids is 1. The molecule has 0 radical (unpaired) electrons. The van der Waals surface area contributed by atoms with E-state index in [9.17, 15) is 21.6 Å². The highest BCUT2D eigenvalue weighted by atomic mass is 32.2. The van der Waals surface area contributed by atoms with Crippen molar-refractivity contribution >= 4 is 21.8 Å². The molecule has 2 saturated heterocycles. The van der Waals surface area contributed by atoms with Gasteiger partial charge < -0.3 is 16.2 Å². The van der Waals surface area contributed by atoms with Crippen LogP contribution in [0.1, 0.15) is 22.5 Å². The van der Waals surface area contributed by atoms with Crippen molar-refractivity contribution in [2.45, 2.75) is 42.3 Å². The van der Waals surface area contributed by atoms with Gasteiger partial charge in [-0.15, -0.1) is 0 Å². The summed E-state index contributed by atoms with van der Waals surface area (Å²) in [5, 5.41) is 14.4. The van der Waals surface area contributed by atoms with Crippen LogP contribution in [0, 0.1) is 6.85 Å². The molecule has 3 aromatic rings. The van der Waals surface area contributed by atoms with E-state index in [1.54, 1.807) is 0 Å². The Hall–Kier alpha value is -3.63. The van der Waals surface area contributed by atoms with Crippen LogP contribution < -0.4 is 15.8 Å². The number of nitrogens with zero attached hydrogens (tertiary/aromatic N) is 5. The molecule has 3 fully saturated rings. The standard InChI is InChI=1S/C18H20N8O2S.C2HF3O2/c1-11-2-3-13(29(27,28)25-18-5-12(6-18)22-8-18)4-14(11)15-7-21-16(19)17(24-15)26-10-20-9-23-26;3-2(4,5)1(6)7/h2-4,7,9-10,12,22,25H,5-6,8H2,1H3,(H2,19,21);(H,6,7)/i1D3;. The van der Waals surface area contributed by atoms with Crippen LogP contribution in [-0.4, -0.2) is 68.5 Å². The number of halogens is 3. The minimum absolute atomic E-state index is 0.0499. The zero-order valence-electron chi connectivity index (χ0n) is 21.2. The molecule has 1 saturated carbocycles. The third-order valence-electron chi connectivity index (χ3n) is 5.59. The van der Waals surface area contributed by atoms with Gasteiger partial charge in [-0.05, 0) is 37.4 Å². The summed E-state index contributed by atoms with van der Waals surface area (Å²) in [4.78, 5) is 21.2. The molecule has 36 heavy (non-hydrogen) atoms. The molecule has 2 bridgehead atoms. The van der Waals surface area contributed by atoms with Crippen molar-refractivity contribution in [3.63, 3.8) is 0 Å². The van der Waals surface area contributed by atoms with E-state index in [1.807, 2.05) is 0 Å². The molecule has 0 amide bonds. The number of nitrogen functional groups attached to an aromatic ring is 1. The second-order valence-corrected chi connectivity index (χ2v) is 9.87. The van der Waals surface area contributed by atoms with E-state index >= 15 is 0 Å². The fraction of sp³-hybridized carbons (Fsp3) is 0.350. The van der Waals surface area contributed by atoms with Crippen LogP contribution in [-0.2, 0) is 14.8 Å². The van der Waals surface area contributed by atoms with Gasteiger partial charge in [-0.25, -0.2) is 32.9 Å². The molecule has 2 aliphatic heterocycles. The summed E-state index contributed by atoms with van der Waals surface area (Å²) >= 11 is 0. The number of anilines is 1. The number of rotatable bonds is 5. The fourth-order valence-electron chi connectivity index (χ4n) is 3.88. The van der Waals surface area contributed by atoms with Gasteiger partial charge in [0.15, 0.2) is 11.6 Å². The molecule has 192 valence electrons. The van der Waals surface area contributed by atoms with Crippen LogP contribution in [0.4, 0.5) is 19.0 Å². The monoisotopic (exact) mass is 529 g/mol. The number of aryl methyl sites for hydroxylation is 1. The Bertz CT molecular complexity index is 1490. The van der Waals surface area contributed by atoms with Crippen molar-refractivity contribution in [2.24, 2.45) is 0 Å². The average Bonchev–Trinajstić information content (AvgIpc) is 3.56. The minimum atomic E-state index is -5.08. The lowest BCUT2D eigenvalue weighted by Crippen LogP contribution is -2.54. The summed E-state index contributed by atoms with van der Waals surface area (Å²) in [5.74, 6) is -2.54. The van der Waals surface area contributed by atoms with Crippen molar-refractivity contribution in [2.75, 3.05) is 12.3 Å². The van der Waals surface area contributed by atoms with Gasteiger partial charge in [-0.2, -0.15) is 23.0 Å². The number of alkyl halides is 3. The Kier molecular flexibility index (Phi) is 5.47. The van der Waals surface area contributed by atoms with Gasteiger partial charge in [0.05, 0.1) is 16.8 Å². The predicted octanol–water partition coefficient (Wildman–Crippen LogP) is 1.03. The summed E-state index contributed by atoms with van der Waals surface area (Å²) in [5.41, 5.74) is 5.63. The minimum Gasteiger partial charge on any atom is -0.475 e. The molecule has 0 unspecified atom stereocenters. The number of hydrogen-bond acceptors (Lipinski definition) is 9. The summed E-state index contributed by atoms with van der Waals surface area (Å²) in [7, 11) is -3.89. The SMILES string of the molecule is O=C(O)C(F)(F)F.[2H]C([2H])([2H])c1ccc(S(=O)(=O)NC23CNC(C2)C3)cc1-c1cnc(N)c(-n2cncn2)n1. The predicted molar refractivity (Wildman–Crippen MR) is 119 cm³/mol. The smallest absolute Gasteiger partial charge is 0.475 e. The highest BCUT2D eigenvalue weighted by Crippen LogP contribution is 2.39. The molecule has 5 N–H and O–H groups in total. The first kappa shape index (κ1) is 21.6. The van der Waals surface area contributed by atoms with Crippen molar-refractivity contribution in [1.82, 2.24) is 34.8 Å². The Morgan fingerprint density at radius 3 is 2.67 bits per heavy atom. The molecule has 12 nitrogen and oxygen atoms in total. The lowest BCUT2D eigenvalue weighted by molar-refractivity contribution is -0.192. The maximum absolute atomic E-state index is 13.1. The summed E-state index contributed by atoms with van der Waals surface area (Å²) in [6.45, 7) is -1.93. The van der Waals surface area contributed by atoms with Gasteiger partial charge in [-0.1, -0.05) is 6.07 Å². The van der Waals surface area contributed by atoms with Gasteiger partial charge in [-0.3, -0.25) is 0 Å². The maximum Gasteiger partial charge on any atom is 0.490 e. The van der Waals surface area contributed by atoms with Gasteiger partial charge in [0.25, 0.3) is 0 Å². The normalized spacial score (nSPS) is 22.4. The van der Waals surface area contributed by atoms with E-state index in [0.717, 1.165) is 12.8 Å². The number of fused-ring (bicyclic) bond motifs is 1. The molecule has 1 aromatic carbocycles. The topological polar surface area (TPSA) is 178 Å². The van der Waals surface area contributed by atoms with E-state index < -0.39 is 34.6 Å². The number of sulfonamides is 1. The maximum atomic E-state index is 13.1. The van der Waals surface area contributed by atoms with Gasteiger partial charge in [0.1, 0.15) is 12.7 Å². The number of carboxylic acid groups (broad SMARTS) is 1. The van der Waals surface area contributed by atoms with Gasteiger partial charge in [0.2, 0.25) is 10.0 Å². The number of hydrogen-bond donors (Lipinski definition) is 4. The number of nitrogens with one attached hydrogen (secondary N) is 2. The van der Waals surface area contributed by atoms with Crippen molar-refractivity contribution < 1.29 is 35.6 Å². The summed E-state index contributed by atoms with van der Waals surface area (Å²) in [6.07, 6.45) is 0.359. The first-order valence-corrected chi connectivity index (χ1v) is 11.7. The molecular formula is C20H21F3N8O4S. The van der Waals surface area contributed by atoms with Gasteiger partial charge >= 0.3 is 12.1 Å². The van der Waals surface area contributed by atoms with Gasteiger partial charge in [0, 0.05) is 27.8 Å². The number of aromatic nitrogens is 5. The molecule has 4 heterocycles. The van der Waals surface area contributed by atoms with Crippen LogP contribution in [0.2, 0.25) is 0 Å². The third kappa shape index (κ3) is 5.14. The second-order valence-electron chi connectivity index (χ2n) is 8.19. The average molecular weight is 530 g/mol. The van der Waals surface area contributed by atoms with E-state index in [4.69, 9.17) is 19.7 Å². The quantitative estimate of drug-likeness (QED) is 0.373. The summed E-state index contributed by atoms with van der Waals surface area (Å²) < 4.78 is 85.7. The third-order valence-corrected chi connectivity index (χ3v) is 7.17. The molecule has 16 heteroatoms. The van der Waals surface area contributed by atoms with Crippen LogP contribution in [0.5, 0.6) is 0 Å². The highest BCUT2D eigenvalue weighted by Gasteiger charge is 2.52. The summed E-state index contributed by atoms with van der Waals surface area (Å²) in [6, 6.07) is 4.24. The molecule has 0 spiro atoms. The Labute approximate surface area is 207 Å². The Morgan fingerprint density at radius 1 is 1.39 bits per heavy atom. The van der Waals surface area contributed by atoms with Crippen LogP contribution in [0.25, 0.3) is 17.1 Å². The Balaban J connectivity index is 0.000000448. The highest BCUT2D eigenvalue weighted by molar-refractivity contribution is 7.89. The molecule has 1 aliphatic carbocycles. The number of carbonyl (C=O) groups is 1. The van der Waals surface area contributed by atoms with Crippen LogP contribution in [0.15, 0.2) is 41.9 Å². The van der Waals surface area contributed by atoms with E-state index in [1.165, 1.54) is 41.7 Å². The number of carboxylic acids is 1. The van der Waals surface area contributed by atoms with Crippen LogP contribution in [0.3, 0.4) is 0 Å². The van der Waals surface area contributed by atoms with Crippen molar-refractivity contribution in [3.8, 4) is 17.1 Å². The largest absolute Gasteiger partial charge is 0.490 e. The molecule has 3 aliphatic rings. The molecule has 6 rings (SSSR count). The van der Waals surface area contributed by atoms with Crippen LogP contribution >= 0.6 is 0 Å². The fourth-order valence-corrected chi connectivity index (χ4v) is 5.33. The zero-order chi connectivity index (χ0) is 28.8. The number of nitrogens with two attached hydrogens (primary N) is 1. The lowest BCUT2D eigenvalue weighted by Gasteiger charge is -2.37. The second kappa shape index (κ2) is 9.11. The van der Waals surface area contributed by atoms with E-state index in [0.29, 0.717) is 12.6 Å². The molecule has 2 aromatic heterocycles. The number of benzene rings is 1. The van der Waals surface area contributed by atoms with E-state index in [-0.39, 0.29) is 33.4 Å². The van der Waals surface area contributed by atoms with Crippen molar-refractivity contribution in [1.29, 1.82) is 0 Å². The lowest BCUT2D eigenvalue weighted by atomic mass is 9.79. The van der Waals surface area contributed by atoms with E-state index in [2.05, 4.69) is 30.1 Å². The first-order valence-electron chi connectivity index (χ1n) is 11.7. The molecule has 0 atom stereocenters. The van der Waals surface area contributed by atoms with Crippen molar-refractivity contribution in [3.05, 3.63) is 42.6 Å². The molecular weight excluding hydrogens is 505 g/mol. The zero-order valence-corrected chi connectivity index (χ0v) is 19.0.